The highest BCUT2D eigenvalue weighted by Gasteiger charge is 2.52. The molecule has 4 rings (SSSR count). The maximum atomic E-state index is 14.2. The highest BCUT2D eigenvalue weighted by molar-refractivity contribution is 6.28. The van der Waals surface area contributed by atoms with Crippen molar-refractivity contribution >= 4 is 17.9 Å². The number of ether oxygens (including phenoxy) is 1. The van der Waals surface area contributed by atoms with E-state index >= 15 is 0 Å². The molecule has 0 aromatic heterocycles. The van der Waals surface area contributed by atoms with Gasteiger partial charge in [-0.3, -0.25) is 0 Å². The van der Waals surface area contributed by atoms with Gasteiger partial charge in [0.05, 0.1) is 12.6 Å². The first-order valence-electron chi connectivity index (χ1n) is 11.8. The number of alkyl halides is 2. The third kappa shape index (κ3) is 5.25. The second-order valence-electron chi connectivity index (χ2n) is 9.18. The first-order chi connectivity index (χ1) is 16.3. The number of aliphatic imine (C=N–C) groups is 1. The van der Waals surface area contributed by atoms with Gasteiger partial charge in [0, 0.05) is 31.2 Å². The molecule has 1 aliphatic heterocycles. The summed E-state index contributed by atoms with van der Waals surface area (Å²) >= 11 is 0. The Bertz CT molecular complexity index is 1060. The first kappa shape index (κ1) is 24.2. The lowest BCUT2D eigenvalue weighted by Gasteiger charge is -2.39. The van der Waals surface area contributed by atoms with Crippen molar-refractivity contribution < 1.29 is 28.0 Å². The minimum Gasteiger partial charge on any atom is -0.463 e. The highest BCUT2D eigenvalue weighted by atomic mass is 19.3. The van der Waals surface area contributed by atoms with Crippen molar-refractivity contribution in [1.29, 1.82) is 0 Å². The minimum absolute atomic E-state index is 0.0243. The van der Waals surface area contributed by atoms with Gasteiger partial charge in [-0.05, 0) is 18.4 Å². The van der Waals surface area contributed by atoms with Crippen molar-refractivity contribution in [2.75, 3.05) is 6.61 Å². The van der Waals surface area contributed by atoms with Crippen molar-refractivity contribution in [3.8, 4) is 0 Å². The Morgan fingerprint density at radius 1 is 1.18 bits per heavy atom. The third-order valence-corrected chi connectivity index (χ3v) is 6.80. The van der Waals surface area contributed by atoms with E-state index in [2.05, 4.69) is 9.57 Å². The Hall–Kier alpha value is -2.93. The topological polar surface area (TPSA) is 61.9 Å². The van der Waals surface area contributed by atoms with Crippen molar-refractivity contribution in [3.05, 3.63) is 71.8 Å². The molecular formula is C27H31F2N2O3+. The van der Waals surface area contributed by atoms with E-state index in [0.29, 0.717) is 19.4 Å². The van der Waals surface area contributed by atoms with E-state index in [4.69, 9.17) is 4.74 Å². The summed E-state index contributed by atoms with van der Waals surface area (Å²) in [6, 6.07) is 18.3. The highest BCUT2D eigenvalue weighted by Crippen LogP contribution is 2.45. The summed E-state index contributed by atoms with van der Waals surface area (Å²) in [6.45, 7) is 2.70. The number of halogens is 2. The van der Waals surface area contributed by atoms with Gasteiger partial charge in [0.2, 0.25) is 12.1 Å². The third-order valence-electron chi connectivity index (χ3n) is 6.80. The van der Waals surface area contributed by atoms with Crippen molar-refractivity contribution in [2.24, 2.45) is 10.9 Å². The second-order valence-corrected chi connectivity index (χ2v) is 9.18. The van der Waals surface area contributed by atoms with E-state index < -0.39 is 29.8 Å². The molecule has 3 atom stereocenters. The smallest absolute Gasteiger partial charge is 0.343 e. The summed E-state index contributed by atoms with van der Waals surface area (Å²) in [5, 5.41) is 11.5. The zero-order valence-corrected chi connectivity index (χ0v) is 19.4. The molecule has 2 aromatic carbocycles. The Morgan fingerprint density at radius 2 is 1.85 bits per heavy atom. The molecule has 0 bridgehead atoms. The zero-order chi connectivity index (χ0) is 24.2. The number of rotatable bonds is 8. The molecule has 0 spiro atoms. The molecule has 1 unspecified atom stereocenters. The first-order valence-corrected chi connectivity index (χ1v) is 11.8. The number of aliphatic hydroxyl groups is 1. The lowest BCUT2D eigenvalue weighted by atomic mass is 9.72. The van der Waals surface area contributed by atoms with Crippen LogP contribution in [0.4, 0.5) is 8.78 Å². The SMILES string of the molecule is CC1N=CC(CCOC(=O)[C@](O)(c2ccccc2)[C@@H]2CCCC(F)(F)C2)=[N+]1Cc1ccccc1. The van der Waals surface area contributed by atoms with Gasteiger partial charge in [0.25, 0.3) is 0 Å². The Labute approximate surface area is 198 Å². The number of carbonyl (C=O) groups excluding carboxylic acids is 1. The van der Waals surface area contributed by atoms with Crippen LogP contribution < -0.4 is 0 Å². The number of esters is 1. The summed E-state index contributed by atoms with van der Waals surface area (Å²) < 4.78 is 36.1. The van der Waals surface area contributed by atoms with Crippen LogP contribution in [0.2, 0.25) is 0 Å². The van der Waals surface area contributed by atoms with E-state index in [0.717, 1.165) is 11.3 Å². The van der Waals surface area contributed by atoms with Crippen LogP contribution in [0, 0.1) is 5.92 Å². The molecule has 0 saturated heterocycles. The molecule has 34 heavy (non-hydrogen) atoms. The number of nitrogens with zero attached hydrogens (tertiary/aromatic N) is 2. The monoisotopic (exact) mass is 469 g/mol. The Kier molecular flexibility index (Phi) is 7.22. The fourth-order valence-electron chi connectivity index (χ4n) is 4.91. The van der Waals surface area contributed by atoms with Gasteiger partial charge in [-0.25, -0.2) is 23.1 Å². The van der Waals surface area contributed by atoms with E-state index in [1.165, 1.54) is 0 Å². The van der Waals surface area contributed by atoms with E-state index in [1.807, 2.05) is 37.3 Å². The fourth-order valence-corrected chi connectivity index (χ4v) is 4.91. The molecule has 2 aromatic rings. The maximum absolute atomic E-state index is 14.2. The summed E-state index contributed by atoms with van der Waals surface area (Å²) in [5.74, 6) is -4.70. The van der Waals surface area contributed by atoms with Crippen LogP contribution in [-0.2, 0) is 21.7 Å². The molecule has 5 nitrogen and oxygen atoms in total. The van der Waals surface area contributed by atoms with Crippen molar-refractivity contribution in [3.63, 3.8) is 0 Å². The molecule has 7 heteroatoms. The predicted molar refractivity (Wildman–Crippen MR) is 126 cm³/mol. The molecule has 1 saturated carbocycles. The standard InChI is InChI=1S/C27H31F2N2O3/c1-20-30-18-24(31(20)19-21-9-4-2-5-10-21)14-16-34-25(32)27(33,22-11-6-3-7-12-22)23-13-8-15-26(28,29)17-23/h2-7,9-12,18,20,23,33H,8,13-17,19H2,1H3/q+1/t20?,23-,27+/m1/s1. The average Bonchev–Trinajstić information content (AvgIpc) is 3.18. The molecule has 180 valence electrons. The average molecular weight is 470 g/mol. The van der Waals surface area contributed by atoms with Crippen molar-refractivity contribution in [1.82, 2.24) is 0 Å². The minimum atomic E-state index is -2.91. The quantitative estimate of drug-likeness (QED) is 0.450. The lowest BCUT2D eigenvalue weighted by molar-refractivity contribution is -0.572. The molecule has 0 amide bonds. The van der Waals surface area contributed by atoms with Crippen molar-refractivity contribution in [2.45, 2.75) is 63.3 Å². The number of hydrogen-bond acceptors (Lipinski definition) is 4. The largest absolute Gasteiger partial charge is 0.463 e. The van der Waals surface area contributed by atoms with E-state index in [-0.39, 0.29) is 31.2 Å². The molecule has 1 aliphatic carbocycles. The van der Waals surface area contributed by atoms with Crippen LogP contribution in [0.1, 0.15) is 50.2 Å². The number of benzene rings is 2. The normalized spacial score (nSPS) is 23.5. The summed E-state index contributed by atoms with van der Waals surface area (Å²) in [4.78, 5) is 17.7. The van der Waals surface area contributed by atoms with Gasteiger partial charge in [-0.2, -0.15) is 0 Å². The molecular weight excluding hydrogens is 438 g/mol. The maximum Gasteiger partial charge on any atom is 0.343 e. The van der Waals surface area contributed by atoms with Crippen LogP contribution >= 0.6 is 0 Å². The Morgan fingerprint density at radius 3 is 2.53 bits per heavy atom. The van der Waals surface area contributed by atoms with Gasteiger partial charge in [-0.1, -0.05) is 60.7 Å². The summed E-state index contributed by atoms with van der Waals surface area (Å²) in [7, 11) is 0. The summed E-state index contributed by atoms with van der Waals surface area (Å²) in [5.41, 5.74) is 0.246. The molecule has 0 radical (unpaired) electrons. The van der Waals surface area contributed by atoms with Crippen LogP contribution in [-0.4, -0.2) is 46.3 Å². The van der Waals surface area contributed by atoms with Gasteiger partial charge in [-0.15, -0.1) is 0 Å². The molecule has 1 N–H and O–H groups in total. The van der Waals surface area contributed by atoms with Crippen LogP contribution in [0.5, 0.6) is 0 Å². The Balaban J connectivity index is 1.48. The van der Waals surface area contributed by atoms with Gasteiger partial charge < -0.3 is 9.84 Å². The van der Waals surface area contributed by atoms with Crippen LogP contribution in [0.15, 0.2) is 65.7 Å². The van der Waals surface area contributed by atoms with Crippen LogP contribution in [0.3, 0.4) is 0 Å². The van der Waals surface area contributed by atoms with Gasteiger partial charge >= 0.3 is 5.97 Å². The molecule has 2 aliphatic rings. The molecule has 1 fully saturated rings. The van der Waals surface area contributed by atoms with E-state index in [1.54, 1.807) is 36.5 Å². The van der Waals surface area contributed by atoms with Crippen LogP contribution in [0.25, 0.3) is 0 Å². The van der Waals surface area contributed by atoms with Gasteiger partial charge in [0.1, 0.15) is 6.61 Å². The predicted octanol–water partition coefficient (Wildman–Crippen LogP) is 4.72. The van der Waals surface area contributed by atoms with E-state index in [9.17, 15) is 18.7 Å². The van der Waals surface area contributed by atoms with Gasteiger partial charge in [0.15, 0.2) is 17.9 Å². The number of hydrogen-bond donors (Lipinski definition) is 1. The second kappa shape index (κ2) is 10.1. The molecule has 1 heterocycles. The zero-order valence-electron chi connectivity index (χ0n) is 19.4. The summed E-state index contributed by atoms with van der Waals surface area (Å²) in [6.07, 6.45) is 1.99. The number of carbonyl (C=O) groups is 1. The lowest BCUT2D eigenvalue weighted by Crippen LogP contribution is -2.48. The fraction of sp³-hybridized carbons (Fsp3) is 0.444.